The first-order valence-electron chi connectivity index (χ1n) is 12.9. The Morgan fingerprint density at radius 1 is 0.789 bits per heavy atom. The van der Waals surface area contributed by atoms with Crippen molar-refractivity contribution >= 4 is 67.7 Å². The van der Waals surface area contributed by atoms with Crippen LogP contribution >= 0.6 is 46.4 Å². The molecule has 0 atom stereocenters. The van der Waals surface area contributed by atoms with Gasteiger partial charge in [0.05, 0.1) is 31.4 Å². The number of nitrogens with zero attached hydrogens (tertiary/aromatic N) is 1. The Balaban J connectivity index is 1.57. The number of nitrogens with one attached hydrogen (secondary N) is 2. The van der Waals surface area contributed by atoms with Crippen LogP contribution in [0.4, 0.5) is 11.5 Å². The van der Waals surface area contributed by atoms with E-state index in [1.807, 2.05) is 0 Å². The molecule has 0 aliphatic carbocycles. The first kappa shape index (κ1) is 30.9. The van der Waals surface area contributed by atoms with Crippen molar-refractivity contribution in [1.29, 1.82) is 0 Å². The molecule has 1 aromatic heterocycles. The molecule has 3 aromatic rings. The number of unbranched alkanes of at least 4 members (excludes halogenated alkanes) is 9. The van der Waals surface area contributed by atoms with Crippen molar-refractivity contribution in [2.45, 2.75) is 76.0 Å². The highest BCUT2D eigenvalue weighted by Gasteiger charge is 2.17. The van der Waals surface area contributed by atoms with E-state index in [0.29, 0.717) is 22.9 Å². The van der Waals surface area contributed by atoms with Crippen molar-refractivity contribution in [3.63, 3.8) is 0 Å². The maximum absolute atomic E-state index is 12.8. The summed E-state index contributed by atoms with van der Waals surface area (Å²) < 4.78 is 26.8. The van der Waals surface area contributed by atoms with E-state index in [1.54, 1.807) is 6.07 Å². The minimum atomic E-state index is -3.45. The highest BCUT2D eigenvalue weighted by Crippen LogP contribution is 2.32. The summed E-state index contributed by atoms with van der Waals surface area (Å²) in [5.41, 5.74) is 0.284. The lowest BCUT2D eigenvalue weighted by molar-refractivity contribution is 0.558. The van der Waals surface area contributed by atoms with Crippen molar-refractivity contribution in [2.24, 2.45) is 0 Å². The van der Waals surface area contributed by atoms with Gasteiger partial charge >= 0.3 is 0 Å². The zero-order valence-corrected chi connectivity index (χ0v) is 25.2. The van der Waals surface area contributed by atoms with Crippen molar-refractivity contribution < 1.29 is 8.42 Å². The SMILES string of the molecule is CCCCCCCCCCCCS(=O)(=O)c1ccc(Nc2cc(=O)n(-c3c(Cl)cc(Cl)cc3Cl)[nH]2)c(Cl)c1. The average molecular weight is 621 g/mol. The van der Waals surface area contributed by atoms with E-state index in [1.165, 1.54) is 73.5 Å². The van der Waals surface area contributed by atoms with Crippen LogP contribution in [0.15, 0.2) is 46.1 Å². The summed E-state index contributed by atoms with van der Waals surface area (Å²) in [6.07, 6.45) is 11.4. The average Bonchev–Trinajstić information content (AvgIpc) is 3.20. The minimum absolute atomic E-state index is 0.0887. The van der Waals surface area contributed by atoms with E-state index in [-0.39, 0.29) is 31.4 Å². The summed E-state index contributed by atoms with van der Waals surface area (Å²) in [6, 6.07) is 8.80. The fourth-order valence-electron chi connectivity index (χ4n) is 4.21. The van der Waals surface area contributed by atoms with Gasteiger partial charge in [-0.25, -0.2) is 13.1 Å². The van der Waals surface area contributed by atoms with Crippen molar-refractivity contribution in [3.8, 4) is 5.69 Å². The van der Waals surface area contributed by atoms with Crippen LogP contribution < -0.4 is 10.9 Å². The van der Waals surface area contributed by atoms with E-state index in [9.17, 15) is 13.2 Å². The van der Waals surface area contributed by atoms with Gasteiger partial charge in [-0.15, -0.1) is 0 Å². The fraction of sp³-hybridized carbons (Fsp3) is 0.444. The first-order chi connectivity index (χ1) is 18.1. The van der Waals surface area contributed by atoms with Crippen LogP contribution in [-0.2, 0) is 9.84 Å². The predicted molar refractivity (Wildman–Crippen MR) is 160 cm³/mol. The van der Waals surface area contributed by atoms with Gasteiger partial charge in [-0.3, -0.25) is 9.89 Å². The molecule has 0 bridgehead atoms. The molecule has 0 radical (unpaired) electrons. The minimum Gasteiger partial charge on any atom is -0.339 e. The number of H-pyrrole nitrogens is 1. The zero-order valence-electron chi connectivity index (χ0n) is 21.3. The van der Waals surface area contributed by atoms with Gasteiger partial charge < -0.3 is 5.32 Å². The van der Waals surface area contributed by atoms with Gasteiger partial charge in [-0.05, 0) is 36.8 Å². The van der Waals surface area contributed by atoms with E-state index >= 15 is 0 Å². The molecule has 0 aliphatic rings. The summed E-state index contributed by atoms with van der Waals surface area (Å²) >= 11 is 24.8. The first-order valence-corrected chi connectivity index (χ1v) is 16.0. The Kier molecular flexibility index (Phi) is 11.9. The van der Waals surface area contributed by atoms with Gasteiger partial charge in [-0.1, -0.05) is 111 Å². The molecule has 6 nitrogen and oxygen atoms in total. The van der Waals surface area contributed by atoms with Crippen LogP contribution in [0.3, 0.4) is 0 Å². The van der Waals surface area contributed by atoms with Gasteiger partial charge in [-0.2, -0.15) is 0 Å². The Morgan fingerprint density at radius 3 is 1.95 bits per heavy atom. The molecule has 2 aromatic carbocycles. The molecule has 0 fully saturated rings. The highest BCUT2D eigenvalue weighted by molar-refractivity contribution is 7.91. The lowest BCUT2D eigenvalue weighted by atomic mass is 10.1. The third-order valence-corrected chi connectivity index (χ3v) is 9.17. The molecule has 0 aliphatic heterocycles. The Labute approximate surface area is 244 Å². The van der Waals surface area contributed by atoms with Crippen LogP contribution in [0.25, 0.3) is 5.69 Å². The van der Waals surface area contributed by atoms with Crippen molar-refractivity contribution in [3.05, 3.63) is 66.8 Å². The molecule has 208 valence electrons. The number of benzene rings is 2. The van der Waals surface area contributed by atoms with E-state index < -0.39 is 15.4 Å². The zero-order chi connectivity index (χ0) is 27.7. The van der Waals surface area contributed by atoms with Gasteiger partial charge in [0.15, 0.2) is 9.84 Å². The Morgan fingerprint density at radius 2 is 1.37 bits per heavy atom. The topological polar surface area (TPSA) is 84.0 Å². The second kappa shape index (κ2) is 14.7. The molecule has 2 N–H and O–H groups in total. The molecule has 1 heterocycles. The second-order valence-electron chi connectivity index (χ2n) is 9.33. The second-order valence-corrected chi connectivity index (χ2v) is 13.1. The van der Waals surface area contributed by atoms with Gasteiger partial charge in [0, 0.05) is 11.1 Å². The van der Waals surface area contributed by atoms with Gasteiger partial charge in [0.1, 0.15) is 11.5 Å². The van der Waals surface area contributed by atoms with Crippen LogP contribution in [0, 0.1) is 0 Å². The molecule has 0 saturated carbocycles. The number of aromatic nitrogens is 2. The molecular formula is C27H33Cl4N3O3S. The number of hydrogen-bond acceptors (Lipinski definition) is 4. The monoisotopic (exact) mass is 619 g/mol. The molecule has 0 saturated heterocycles. The molecule has 11 heteroatoms. The Hall–Kier alpha value is -1.64. The van der Waals surface area contributed by atoms with Gasteiger partial charge in [0.25, 0.3) is 5.56 Å². The summed E-state index contributed by atoms with van der Waals surface area (Å²) in [5, 5.41) is 6.85. The highest BCUT2D eigenvalue weighted by atomic mass is 35.5. The number of aromatic amines is 1. The normalized spacial score (nSPS) is 11.7. The molecule has 38 heavy (non-hydrogen) atoms. The summed E-state index contributed by atoms with van der Waals surface area (Å²) in [5.74, 6) is 0.408. The quantitative estimate of drug-likeness (QED) is 0.166. The smallest absolute Gasteiger partial charge is 0.273 e. The number of hydrogen-bond donors (Lipinski definition) is 2. The molecule has 0 amide bonds. The van der Waals surface area contributed by atoms with Crippen LogP contribution in [0.2, 0.25) is 20.1 Å². The number of rotatable bonds is 15. The number of anilines is 2. The Bertz CT molecular complexity index is 1360. The number of sulfone groups is 1. The molecular weight excluding hydrogens is 588 g/mol. The number of halogens is 4. The van der Waals surface area contributed by atoms with Crippen LogP contribution in [0.1, 0.15) is 71.1 Å². The molecule has 3 rings (SSSR count). The van der Waals surface area contributed by atoms with Gasteiger partial charge in [0.2, 0.25) is 0 Å². The lowest BCUT2D eigenvalue weighted by Gasteiger charge is -2.11. The fourth-order valence-corrected chi connectivity index (χ4v) is 6.88. The maximum Gasteiger partial charge on any atom is 0.273 e. The van der Waals surface area contributed by atoms with Crippen molar-refractivity contribution in [1.82, 2.24) is 9.78 Å². The van der Waals surface area contributed by atoms with Crippen LogP contribution in [-0.4, -0.2) is 24.0 Å². The van der Waals surface area contributed by atoms with E-state index in [2.05, 4.69) is 17.3 Å². The van der Waals surface area contributed by atoms with Crippen LogP contribution in [0.5, 0.6) is 0 Å². The lowest BCUT2D eigenvalue weighted by Crippen LogP contribution is -2.14. The van der Waals surface area contributed by atoms with E-state index in [0.717, 1.165) is 19.3 Å². The third kappa shape index (κ3) is 8.68. The third-order valence-electron chi connectivity index (χ3n) is 6.26. The molecule has 0 unspecified atom stereocenters. The summed E-state index contributed by atoms with van der Waals surface area (Å²) in [4.78, 5) is 12.7. The predicted octanol–water partition coefficient (Wildman–Crippen LogP) is 9.22. The summed E-state index contributed by atoms with van der Waals surface area (Å²) in [7, 11) is -3.45. The van der Waals surface area contributed by atoms with E-state index in [4.69, 9.17) is 46.4 Å². The maximum atomic E-state index is 12.8. The standard InChI is InChI=1S/C27H33Cl4N3O3S/c1-2-3-4-5-6-7-8-9-10-11-14-38(36,37)20-12-13-24(21(29)17-20)32-25-18-26(35)34(33-25)27-22(30)15-19(28)16-23(27)31/h12-13,15-18,32-33H,2-11,14H2,1H3. The largest absolute Gasteiger partial charge is 0.339 e. The van der Waals surface area contributed by atoms with Crippen molar-refractivity contribution in [2.75, 3.05) is 11.1 Å². The summed E-state index contributed by atoms with van der Waals surface area (Å²) in [6.45, 7) is 2.22. The molecule has 0 spiro atoms.